The second kappa shape index (κ2) is 7.35. The maximum atomic E-state index is 13.1. The number of benzene rings is 1. The summed E-state index contributed by atoms with van der Waals surface area (Å²) in [6.07, 6.45) is 0.251. The number of hydrogen-bond donors (Lipinski definition) is 1. The Hall–Kier alpha value is -2.45. The first-order valence-electron chi connectivity index (χ1n) is 10.3. The minimum absolute atomic E-state index is 0.257. The van der Waals surface area contributed by atoms with Crippen molar-refractivity contribution in [1.29, 1.82) is 0 Å². The third-order valence-corrected chi connectivity index (χ3v) is 6.41. The number of aromatic amines is 1. The molecule has 1 atom stereocenters. The van der Waals surface area contributed by atoms with Crippen LogP contribution in [0.2, 0.25) is 0 Å². The Morgan fingerprint density at radius 3 is 2.80 bits per heavy atom. The van der Waals surface area contributed by atoms with Crippen molar-refractivity contribution < 1.29 is 22.5 Å². The molecule has 1 aliphatic heterocycles. The first-order valence-corrected chi connectivity index (χ1v) is 10.3. The molecular weight excluding hydrogens is 393 g/mol. The molecule has 2 aromatic heterocycles. The van der Waals surface area contributed by atoms with Crippen molar-refractivity contribution in [3.05, 3.63) is 53.1 Å². The highest BCUT2D eigenvalue weighted by Crippen LogP contribution is 2.32. The zero-order valence-corrected chi connectivity index (χ0v) is 16.8. The lowest BCUT2D eigenvalue weighted by Crippen LogP contribution is -2.47. The molecular formula is C22H24F3N4O+. The highest BCUT2D eigenvalue weighted by atomic mass is 19.4. The number of ether oxygens (including phenoxy) is 1. The van der Waals surface area contributed by atoms with Crippen LogP contribution in [0.1, 0.15) is 28.9 Å². The molecule has 0 unspecified atom stereocenters. The smallest absolute Gasteiger partial charge is 0.379 e. The summed E-state index contributed by atoms with van der Waals surface area (Å²) in [4.78, 5) is 9.19. The molecule has 3 heterocycles. The number of morpholine rings is 1. The van der Waals surface area contributed by atoms with E-state index < -0.39 is 11.9 Å². The number of nitrogens with zero attached hydrogens (tertiary/aromatic N) is 3. The summed E-state index contributed by atoms with van der Waals surface area (Å²) in [5.41, 5.74) is 3.82. The van der Waals surface area contributed by atoms with Crippen molar-refractivity contribution in [3.63, 3.8) is 0 Å². The minimum Gasteiger partial charge on any atom is -0.379 e. The van der Waals surface area contributed by atoms with Gasteiger partial charge in [0.1, 0.15) is 17.1 Å². The Labute approximate surface area is 172 Å². The molecule has 0 bridgehead atoms. The Morgan fingerprint density at radius 2 is 2.03 bits per heavy atom. The van der Waals surface area contributed by atoms with E-state index in [0.717, 1.165) is 63.0 Å². The van der Waals surface area contributed by atoms with E-state index in [1.165, 1.54) is 11.1 Å². The van der Waals surface area contributed by atoms with Crippen LogP contribution in [-0.4, -0.2) is 47.2 Å². The lowest BCUT2D eigenvalue weighted by molar-refractivity contribution is -0.604. The van der Waals surface area contributed by atoms with Crippen LogP contribution in [-0.2, 0) is 23.8 Å². The molecule has 3 aromatic rings. The summed E-state index contributed by atoms with van der Waals surface area (Å²) in [6.45, 7) is 5.29. The third kappa shape index (κ3) is 3.37. The molecule has 0 amide bonds. The van der Waals surface area contributed by atoms with Crippen molar-refractivity contribution in [2.24, 2.45) is 0 Å². The minimum atomic E-state index is -4.42. The van der Waals surface area contributed by atoms with Gasteiger partial charge in [0.15, 0.2) is 0 Å². The standard InChI is InChI=1S/C22H23F3N4O/c1-14-17-12-20(22(23,24)25)27-21(17)26-13-29(14)19-4-2-3-15-5-6-16(11-18(15)19)28-7-9-30-10-8-28/h2-4,12-13,16H,5-11H2,1H3/p+1/t16-/m0/s1. The molecule has 0 spiro atoms. The van der Waals surface area contributed by atoms with Crippen molar-refractivity contribution in [2.75, 3.05) is 26.3 Å². The van der Waals surface area contributed by atoms with Crippen LogP contribution in [0, 0.1) is 6.92 Å². The second-order valence-electron chi connectivity index (χ2n) is 8.10. The van der Waals surface area contributed by atoms with Gasteiger partial charge in [-0.1, -0.05) is 12.1 Å². The average Bonchev–Trinajstić information content (AvgIpc) is 3.20. The lowest BCUT2D eigenvalue weighted by atomic mass is 9.86. The number of aryl methyl sites for hydroxylation is 2. The van der Waals surface area contributed by atoms with Crippen molar-refractivity contribution in [1.82, 2.24) is 14.9 Å². The quantitative estimate of drug-likeness (QED) is 0.651. The van der Waals surface area contributed by atoms with Crippen LogP contribution in [0.25, 0.3) is 16.7 Å². The van der Waals surface area contributed by atoms with Crippen LogP contribution in [0.4, 0.5) is 13.2 Å². The fourth-order valence-electron chi connectivity index (χ4n) is 4.78. The third-order valence-electron chi connectivity index (χ3n) is 6.41. The molecule has 30 heavy (non-hydrogen) atoms. The predicted octanol–water partition coefficient (Wildman–Crippen LogP) is 3.36. The first-order chi connectivity index (χ1) is 14.4. The van der Waals surface area contributed by atoms with Crippen LogP contribution in [0.15, 0.2) is 30.6 Å². The predicted molar refractivity (Wildman–Crippen MR) is 106 cm³/mol. The van der Waals surface area contributed by atoms with Gasteiger partial charge < -0.3 is 9.72 Å². The van der Waals surface area contributed by atoms with Gasteiger partial charge in [-0.2, -0.15) is 17.7 Å². The number of rotatable bonds is 2. The van der Waals surface area contributed by atoms with Gasteiger partial charge in [-0.05, 0) is 48.9 Å². The van der Waals surface area contributed by atoms with Gasteiger partial charge in [-0.25, -0.2) is 0 Å². The molecule has 0 saturated carbocycles. The number of aromatic nitrogens is 3. The van der Waals surface area contributed by atoms with Gasteiger partial charge in [0.25, 0.3) is 12.0 Å². The fourth-order valence-corrected chi connectivity index (χ4v) is 4.78. The molecule has 1 N–H and O–H groups in total. The van der Waals surface area contributed by atoms with Crippen LogP contribution >= 0.6 is 0 Å². The van der Waals surface area contributed by atoms with Gasteiger partial charge in [0.05, 0.1) is 18.6 Å². The zero-order valence-electron chi connectivity index (χ0n) is 16.8. The van der Waals surface area contributed by atoms with E-state index in [1.54, 1.807) is 6.33 Å². The van der Waals surface area contributed by atoms with Crippen molar-refractivity contribution >= 4 is 11.0 Å². The SMILES string of the molecule is Cc1c2cc(C(F)(F)F)[nH]c2nc[n+]1-c1cccc2c1C[C@@H](N1CCOCC1)CC2. The number of hydrogen-bond acceptors (Lipinski definition) is 3. The largest absolute Gasteiger partial charge is 0.431 e. The second-order valence-corrected chi connectivity index (χ2v) is 8.10. The number of nitrogens with one attached hydrogen (secondary N) is 1. The maximum absolute atomic E-state index is 13.1. The van der Waals surface area contributed by atoms with Gasteiger partial charge in [0.2, 0.25) is 0 Å². The number of fused-ring (bicyclic) bond motifs is 2. The Bertz CT molecular complexity index is 1090. The normalized spacial score (nSPS) is 20.5. The summed E-state index contributed by atoms with van der Waals surface area (Å²) >= 11 is 0. The van der Waals surface area contributed by atoms with E-state index in [-0.39, 0.29) is 5.65 Å². The highest BCUT2D eigenvalue weighted by Gasteiger charge is 2.35. The molecule has 2 aliphatic rings. The van der Waals surface area contributed by atoms with Crippen LogP contribution in [0.5, 0.6) is 0 Å². The lowest BCUT2D eigenvalue weighted by Gasteiger charge is -2.37. The fraction of sp³-hybridized carbons (Fsp3) is 0.455. The van der Waals surface area contributed by atoms with Crippen molar-refractivity contribution in [3.8, 4) is 5.69 Å². The number of alkyl halides is 3. The number of halogens is 3. The van der Waals surface area contributed by atoms with Crippen LogP contribution in [0.3, 0.4) is 0 Å². The Morgan fingerprint density at radius 1 is 1.23 bits per heavy atom. The van der Waals surface area contributed by atoms with E-state index in [0.29, 0.717) is 11.4 Å². The van der Waals surface area contributed by atoms with E-state index in [2.05, 4.69) is 20.9 Å². The molecule has 5 rings (SSSR count). The Kier molecular flexibility index (Phi) is 4.78. The molecule has 1 aromatic carbocycles. The summed E-state index contributed by atoms with van der Waals surface area (Å²) in [5, 5.41) is 0.489. The molecule has 1 saturated heterocycles. The molecule has 8 heteroatoms. The Balaban J connectivity index is 1.55. The molecule has 5 nitrogen and oxygen atoms in total. The summed E-state index contributed by atoms with van der Waals surface area (Å²) in [5.74, 6) is 0. The van der Waals surface area contributed by atoms with Gasteiger partial charge in [-0.3, -0.25) is 4.90 Å². The molecule has 1 aliphatic carbocycles. The van der Waals surface area contributed by atoms with Gasteiger partial charge >= 0.3 is 6.18 Å². The summed E-state index contributed by atoms with van der Waals surface area (Å²) < 4.78 is 46.9. The zero-order chi connectivity index (χ0) is 20.9. The molecule has 158 valence electrons. The van der Waals surface area contributed by atoms with Crippen LogP contribution < -0.4 is 4.57 Å². The average molecular weight is 417 g/mol. The number of H-pyrrole nitrogens is 1. The topological polar surface area (TPSA) is 45.0 Å². The van der Waals surface area contributed by atoms with Crippen molar-refractivity contribution in [2.45, 2.75) is 38.4 Å². The highest BCUT2D eigenvalue weighted by molar-refractivity contribution is 5.78. The summed E-state index contributed by atoms with van der Waals surface area (Å²) in [7, 11) is 0. The first kappa shape index (κ1) is 19.5. The van der Waals surface area contributed by atoms with E-state index in [4.69, 9.17) is 4.74 Å². The van der Waals surface area contributed by atoms with Gasteiger partial charge in [-0.15, -0.1) is 0 Å². The van der Waals surface area contributed by atoms with E-state index >= 15 is 0 Å². The van der Waals surface area contributed by atoms with E-state index in [1.807, 2.05) is 23.6 Å². The monoisotopic (exact) mass is 417 g/mol. The van der Waals surface area contributed by atoms with Gasteiger partial charge in [0, 0.05) is 24.7 Å². The molecule has 1 fully saturated rings. The summed E-state index contributed by atoms with van der Waals surface area (Å²) in [6, 6.07) is 7.84. The van der Waals surface area contributed by atoms with E-state index in [9.17, 15) is 13.2 Å². The molecule has 0 radical (unpaired) electrons. The maximum Gasteiger partial charge on any atom is 0.431 e.